The number of benzene rings is 1. The smallest absolute Gasteiger partial charge is 0.155 e. The van der Waals surface area contributed by atoms with Crippen LogP contribution in [0.25, 0.3) is 10.9 Å². The number of rotatable bonds is 2. The lowest BCUT2D eigenvalue weighted by molar-refractivity contribution is -0.123. The first-order chi connectivity index (χ1) is 6.63. The molecule has 1 atom stereocenters. The van der Waals surface area contributed by atoms with E-state index in [2.05, 4.69) is 4.98 Å². The number of hydrogen-bond acceptors (Lipinski definition) is 2. The first kappa shape index (κ1) is 8.97. The van der Waals surface area contributed by atoms with Gasteiger partial charge in [0.05, 0.1) is 0 Å². The van der Waals surface area contributed by atoms with E-state index in [0.29, 0.717) is 11.8 Å². The Balaban J connectivity index is 2.59. The van der Waals surface area contributed by atoms with Gasteiger partial charge in [-0.1, -0.05) is 6.07 Å². The van der Waals surface area contributed by atoms with Crippen LogP contribution in [0, 0.1) is 0 Å². The second-order valence-corrected chi connectivity index (χ2v) is 3.55. The Labute approximate surface area is 81.4 Å². The number of aromatic nitrogens is 1. The third-order valence-electron chi connectivity index (χ3n) is 2.37. The van der Waals surface area contributed by atoms with Crippen molar-refractivity contribution in [2.75, 3.05) is 0 Å². The van der Waals surface area contributed by atoms with Gasteiger partial charge in [0.25, 0.3) is 0 Å². The van der Waals surface area contributed by atoms with Gasteiger partial charge in [-0.15, -0.1) is 0 Å². The van der Waals surface area contributed by atoms with Crippen molar-refractivity contribution in [1.29, 1.82) is 0 Å². The molecule has 0 aliphatic carbocycles. The third-order valence-corrected chi connectivity index (χ3v) is 2.37. The maximum atomic E-state index is 10.6. The Morgan fingerprint density at radius 3 is 2.93 bits per heavy atom. The van der Waals surface area contributed by atoms with E-state index in [9.17, 15) is 9.90 Å². The standard InChI is InChI=1S/C11H11NO2/c1-11(14,7-13)9-2-3-10-8(6-9)4-5-12-10/h2-7,12,14H,1H3. The fourth-order valence-corrected chi connectivity index (χ4v) is 1.44. The lowest BCUT2D eigenvalue weighted by Crippen LogP contribution is -2.22. The van der Waals surface area contributed by atoms with Crippen molar-refractivity contribution < 1.29 is 9.90 Å². The van der Waals surface area contributed by atoms with Crippen LogP contribution in [0.5, 0.6) is 0 Å². The van der Waals surface area contributed by atoms with E-state index in [1.54, 1.807) is 12.1 Å². The van der Waals surface area contributed by atoms with Crippen LogP contribution in [0.2, 0.25) is 0 Å². The van der Waals surface area contributed by atoms with Gasteiger partial charge in [0, 0.05) is 11.7 Å². The van der Waals surface area contributed by atoms with Crippen LogP contribution in [-0.2, 0) is 10.4 Å². The first-order valence-electron chi connectivity index (χ1n) is 4.40. The van der Waals surface area contributed by atoms with Gasteiger partial charge in [-0.25, -0.2) is 0 Å². The highest BCUT2D eigenvalue weighted by Gasteiger charge is 2.21. The van der Waals surface area contributed by atoms with Gasteiger partial charge >= 0.3 is 0 Å². The second-order valence-electron chi connectivity index (χ2n) is 3.55. The summed E-state index contributed by atoms with van der Waals surface area (Å²) in [7, 11) is 0. The number of aromatic amines is 1. The summed E-state index contributed by atoms with van der Waals surface area (Å²) in [5, 5.41) is 10.7. The molecule has 2 N–H and O–H groups in total. The van der Waals surface area contributed by atoms with E-state index in [1.165, 1.54) is 6.92 Å². The minimum Gasteiger partial charge on any atom is -0.378 e. The fourth-order valence-electron chi connectivity index (χ4n) is 1.44. The summed E-state index contributed by atoms with van der Waals surface area (Å²) in [6, 6.07) is 7.30. The molecule has 3 nitrogen and oxygen atoms in total. The van der Waals surface area contributed by atoms with Crippen molar-refractivity contribution >= 4 is 17.2 Å². The zero-order chi connectivity index (χ0) is 10.2. The number of hydrogen-bond donors (Lipinski definition) is 2. The Hall–Kier alpha value is -1.61. The molecule has 0 spiro atoms. The highest BCUT2D eigenvalue weighted by Crippen LogP contribution is 2.22. The van der Waals surface area contributed by atoms with Gasteiger partial charge in [-0.3, -0.25) is 4.79 Å². The minimum absolute atomic E-state index is 0.542. The highest BCUT2D eigenvalue weighted by atomic mass is 16.3. The van der Waals surface area contributed by atoms with E-state index >= 15 is 0 Å². The first-order valence-corrected chi connectivity index (χ1v) is 4.40. The molecule has 0 saturated carbocycles. The molecule has 1 aromatic heterocycles. The SMILES string of the molecule is CC(O)(C=O)c1ccc2[nH]ccc2c1. The molecule has 1 heterocycles. The van der Waals surface area contributed by atoms with E-state index in [0.717, 1.165) is 10.9 Å². The van der Waals surface area contributed by atoms with E-state index in [4.69, 9.17) is 0 Å². The van der Waals surface area contributed by atoms with E-state index in [1.807, 2.05) is 18.3 Å². The molecule has 1 unspecified atom stereocenters. The van der Waals surface area contributed by atoms with Crippen molar-refractivity contribution in [3.8, 4) is 0 Å². The van der Waals surface area contributed by atoms with Crippen LogP contribution < -0.4 is 0 Å². The molecule has 1 aromatic carbocycles. The summed E-state index contributed by atoms with van der Waals surface area (Å²) in [5.41, 5.74) is 0.209. The van der Waals surface area contributed by atoms with Gasteiger partial charge < -0.3 is 10.1 Å². The molecule has 72 valence electrons. The van der Waals surface area contributed by atoms with Crippen LogP contribution in [0.3, 0.4) is 0 Å². The zero-order valence-electron chi connectivity index (χ0n) is 7.82. The van der Waals surface area contributed by atoms with Gasteiger partial charge in [-0.05, 0) is 36.1 Å². The Morgan fingerprint density at radius 2 is 2.21 bits per heavy atom. The number of aliphatic hydroxyl groups is 1. The molecule has 3 heteroatoms. The molecule has 14 heavy (non-hydrogen) atoms. The molecule has 0 aliphatic rings. The topological polar surface area (TPSA) is 53.1 Å². The van der Waals surface area contributed by atoms with Gasteiger partial charge in [0.15, 0.2) is 6.29 Å². The Morgan fingerprint density at radius 1 is 1.43 bits per heavy atom. The molecular weight excluding hydrogens is 178 g/mol. The quantitative estimate of drug-likeness (QED) is 0.704. The summed E-state index contributed by atoms with van der Waals surface area (Å²) in [6.07, 6.45) is 2.37. The van der Waals surface area contributed by atoms with Gasteiger partial charge in [0.2, 0.25) is 0 Å². The molecular formula is C11H11NO2. The van der Waals surface area contributed by atoms with E-state index < -0.39 is 5.60 Å². The van der Waals surface area contributed by atoms with Crippen molar-refractivity contribution in [3.05, 3.63) is 36.0 Å². The maximum absolute atomic E-state index is 10.6. The number of nitrogens with one attached hydrogen (secondary N) is 1. The monoisotopic (exact) mass is 189 g/mol. The normalized spacial score (nSPS) is 15.3. The number of carbonyl (C=O) groups is 1. The van der Waals surface area contributed by atoms with Crippen LogP contribution in [-0.4, -0.2) is 16.4 Å². The predicted octanol–water partition coefficient (Wildman–Crippen LogP) is 1.57. The average molecular weight is 189 g/mol. The number of aldehydes is 1. The number of fused-ring (bicyclic) bond motifs is 1. The summed E-state index contributed by atoms with van der Waals surface area (Å²) in [4.78, 5) is 13.7. The van der Waals surface area contributed by atoms with Crippen LogP contribution in [0.1, 0.15) is 12.5 Å². The minimum atomic E-state index is -1.40. The van der Waals surface area contributed by atoms with Crippen molar-refractivity contribution in [3.63, 3.8) is 0 Å². The zero-order valence-corrected chi connectivity index (χ0v) is 7.82. The molecule has 2 rings (SSSR count). The summed E-state index contributed by atoms with van der Waals surface area (Å²) < 4.78 is 0. The molecule has 0 bridgehead atoms. The largest absolute Gasteiger partial charge is 0.378 e. The molecule has 0 aliphatic heterocycles. The summed E-state index contributed by atoms with van der Waals surface area (Å²) in [6.45, 7) is 1.48. The Kier molecular flexibility index (Phi) is 1.89. The van der Waals surface area contributed by atoms with Gasteiger partial charge in [-0.2, -0.15) is 0 Å². The van der Waals surface area contributed by atoms with Crippen molar-refractivity contribution in [2.45, 2.75) is 12.5 Å². The van der Waals surface area contributed by atoms with Crippen molar-refractivity contribution in [1.82, 2.24) is 4.98 Å². The van der Waals surface area contributed by atoms with Crippen LogP contribution in [0.4, 0.5) is 0 Å². The average Bonchev–Trinajstić information content (AvgIpc) is 2.64. The lowest BCUT2D eigenvalue weighted by Gasteiger charge is -2.15. The third kappa shape index (κ3) is 1.32. The van der Waals surface area contributed by atoms with E-state index in [-0.39, 0.29) is 0 Å². The predicted molar refractivity (Wildman–Crippen MR) is 53.9 cm³/mol. The van der Waals surface area contributed by atoms with Crippen LogP contribution >= 0.6 is 0 Å². The maximum Gasteiger partial charge on any atom is 0.155 e. The fraction of sp³-hybridized carbons (Fsp3) is 0.182. The Bertz CT molecular complexity index is 471. The van der Waals surface area contributed by atoms with Gasteiger partial charge in [0.1, 0.15) is 5.60 Å². The number of H-pyrrole nitrogens is 1. The number of carbonyl (C=O) groups excluding carboxylic acids is 1. The molecule has 0 radical (unpaired) electrons. The highest BCUT2D eigenvalue weighted by molar-refractivity contribution is 5.81. The molecule has 0 fully saturated rings. The summed E-state index contributed by atoms with van der Waals surface area (Å²) >= 11 is 0. The molecule has 0 saturated heterocycles. The molecule has 2 aromatic rings. The molecule has 0 amide bonds. The summed E-state index contributed by atoms with van der Waals surface area (Å²) in [5.74, 6) is 0. The second kappa shape index (κ2) is 2.96. The lowest BCUT2D eigenvalue weighted by atomic mass is 9.97. The van der Waals surface area contributed by atoms with Crippen molar-refractivity contribution in [2.24, 2.45) is 0 Å². The van der Waals surface area contributed by atoms with Crippen LogP contribution in [0.15, 0.2) is 30.5 Å².